The fourth-order valence-electron chi connectivity index (χ4n) is 5.82. The molecule has 2 bridgehead atoms. The smallest absolute Gasteiger partial charge is 0.317 e. The zero-order valence-electron chi connectivity index (χ0n) is 15.6. The Balaban J connectivity index is 2.01. The highest BCUT2D eigenvalue weighted by Gasteiger charge is 2.65. The summed E-state index contributed by atoms with van der Waals surface area (Å²) in [6.07, 6.45) is 4.26. The number of hydrogen-bond acceptors (Lipinski definition) is 4. The molecule has 0 radical (unpaired) electrons. The molecule has 25 heavy (non-hydrogen) atoms. The van der Waals surface area contributed by atoms with Crippen molar-refractivity contribution in [2.45, 2.75) is 77.2 Å². The van der Waals surface area contributed by atoms with Gasteiger partial charge in [0.05, 0.1) is 0 Å². The van der Waals surface area contributed by atoms with E-state index in [1.54, 1.807) is 0 Å². The van der Waals surface area contributed by atoms with Gasteiger partial charge in [-0.05, 0) is 42.6 Å². The van der Waals surface area contributed by atoms with Crippen molar-refractivity contribution in [3.05, 3.63) is 22.8 Å². The SMILES string of the molecule is CCC1(C)CCC[C@@]23C(=O)OC(CC12)c1cc(C(C)C)c(O)c(O)c13. The third-order valence-corrected chi connectivity index (χ3v) is 7.38. The third-order valence-electron chi connectivity index (χ3n) is 7.38. The van der Waals surface area contributed by atoms with Crippen molar-refractivity contribution < 1.29 is 19.7 Å². The molecule has 3 unspecified atom stereocenters. The lowest BCUT2D eigenvalue weighted by molar-refractivity contribution is -0.186. The molecule has 1 spiro atoms. The Morgan fingerprint density at radius 1 is 1.28 bits per heavy atom. The average molecular weight is 344 g/mol. The van der Waals surface area contributed by atoms with Gasteiger partial charge in [-0.1, -0.05) is 40.5 Å². The summed E-state index contributed by atoms with van der Waals surface area (Å²) in [5.74, 6) is -0.104. The Morgan fingerprint density at radius 3 is 2.64 bits per heavy atom. The van der Waals surface area contributed by atoms with Crippen molar-refractivity contribution in [2.24, 2.45) is 11.3 Å². The number of ether oxygens (including phenoxy) is 1. The lowest BCUT2D eigenvalue weighted by Crippen LogP contribution is -2.60. The van der Waals surface area contributed by atoms with E-state index in [-0.39, 0.29) is 40.8 Å². The Morgan fingerprint density at radius 2 is 2.00 bits per heavy atom. The van der Waals surface area contributed by atoms with Gasteiger partial charge in [-0.25, -0.2) is 0 Å². The van der Waals surface area contributed by atoms with Crippen molar-refractivity contribution in [2.75, 3.05) is 0 Å². The van der Waals surface area contributed by atoms with Gasteiger partial charge in [0.1, 0.15) is 11.5 Å². The van der Waals surface area contributed by atoms with Crippen LogP contribution in [-0.2, 0) is 14.9 Å². The monoisotopic (exact) mass is 344 g/mol. The van der Waals surface area contributed by atoms with Crippen LogP contribution in [0.4, 0.5) is 0 Å². The van der Waals surface area contributed by atoms with E-state index in [1.165, 1.54) is 0 Å². The number of rotatable bonds is 2. The maximum atomic E-state index is 13.0. The van der Waals surface area contributed by atoms with Gasteiger partial charge in [-0.3, -0.25) is 4.79 Å². The first kappa shape index (κ1) is 16.7. The molecule has 0 amide bonds. The molecule has 2 fully saturated rings. The molecule has 2 heterocycles. The summed E-state index contributed by atoms with van der Waals surface area (Å²) in [6, 6.07) is 1.96. The average Bonchev–Trinajstić information content (AvgIpc) is 2.57. The first-order valence-electron chi connectivity index (χ1n) is 9.56. The van der Waals surface area contributed by atoms with Crippen LogP contribution >= 0.6 is 0 Å². The summed E-state index contributed by atoms with van der Waals surface area (Å²) in [7, 11) is 0. The highest BCUT2D eigenvalue weighted by atomic mass is 16.5. The Hall–Kier alpha value is -1.71. The number of hydrogen-bond donors (Lipinski definition) is 2. The normalized spacial score (nSPS) is 36.1. The standard InChI is InChI=1S/C21H28O4/c1-5-20(4)7-6-8-21-15(20)10-14(25-19(21)24)13-9-12(11(2)3)17(22)18(23)16(13)21/h9,11,14-15,22-23H,5-8,10H2,1-4H3/t14?,15?,20?,21-/m1/s1. The second kappa shape index (κ2) is 5.15. The Bertz CT molecular complexity index is 753. The molecule has 1 saturated carbocycles. The van der Waals surface area contributed by atoms with E-state index in [0.29, 0.717) is 12.0 Å². The molecule has 2 N–H and O–H groups in total. The van der Waals surface area contributed by atoms with E-state index in [1.807, 2.05) is 19.9 Å². The minimum Gasteiger partial charge on any atom is -0.504 e. The van der Waals surface area contributed by atoms with Crippen molar-refractivity contribution in [3.63, 3.8) is 0 Å². The van der Waals surface area contributed by atoms with E-state index in [2.05, 4.69) is 13.8 Å². The van der Waals surface area contributed by atoms with Gasteiger partial charge in [0, 0.05) is 16.7 Å². The first-order chi connectivity index (χ1) is 11.8. The predicted octanol–water partition coefficient (Wildman–Crippen LogP) is 4.68. The molecular formula is C21H28O4. The van der Waals surface area contributed by atoms with Crippen LogP contribution in [0.25, 0.3) is 0 Å². The summed E-state index contributed by atoms with van der Waals surface area (Å²) < 4.78 is 5.81. The zero-order chi connectivity index (χ0) is 18.1. The number of phenolic OH excluding ortho intramolecular Hbond substituents is 2. The van der Waals surface area contributed by atoms with E-state index in [9.17, 15) is 15.0 Å². The summed E-state index contributed by atoms with van der Waals surface area (Å²) in [5.41, 5.74) is 1.56. The van der Waals surface area contributed by atoms with E-state index in [0.717, 1.165) is 36.8 Å². The van der Waals surface area contributed by atoms with E-state index < -0.39 is 5.41 Å². The van der Waals surface area contributed by atoms with Crippen LogP contribution < -0.4 is 0 Å². The fourth-order valence-corrected chi connectivity index (χ4v) is 5.82. The molecule has 4 aliphatic rings. The van der Waals surface area contributed by atoms with Gasteiger partial charge in [-0.15, -0.1) is 0 Å². The minimum atomic E-state index is -0.801. The molecule has 2 aliphatic carbocycles. The van der Waals surface area contributed by atoms with Gasteiger partial charge in [0.2, 0.25) is 0 Å². The molecule has 2 aliphatic heterocycles. The van der Waals surface area contributed by atoms with Crippen LogP contribution in [-0.4, -0.2) is 16.2 Å². The quantitative estimate of drug-likeness (QED) is 0.604. The molecule has 4 heteroatoms. The second-order valence-corrected chi connectivity index (χ2v) is 8.80. The van der Waals surface area contributed by atoms with Crippen LogP contribution in [0.2, 0.25) is 0 Å². The topological polar surface area (TPSA) is 66.8 Å². The zero-order valence-corrected chi connectivity index (χ0v) is 15.6. The summed E-state index contributed by atoms with van der Waals surface area (Å²) >= 11 is 0. The Labute approximate surface area is 149 Å². The van der Waals surface area contributed by atoms with Crippen molar-refractivity contribution in [1.29, 1.82) is 0 Å². The molecule has 4 nitrogen and oxygen atoms in total. The van der Waals surface area contributed by atoms with Crippen molar-refractivity contribution in [1.82, 2.24) is 0 Å². The van der Waals surface area contributed by atoms with E-state index in [4.69, 9.17) is 4.74 Å². The number of fused-ring (bicyclic) bond motifs is 1. The van der Waals surface area contributed by atoms with E-state index >= 15 is 0 Å². The fraction of sp³-hybridized carbons (Fsp3) is 0.667. The summed E-state index contributed by atoms with van der Waals surface area (Å²) in [4.78, 5) is 13.0. The van der Waals surface area contributed by atoms with Crippen molar-refractivity contribution in [3.8, 4) is 11.5 Å². The summed E-state index contributed by atoms with van der Waals surface area (Å²) in [5, 5.41) is 21.5. The maximum absolute atomic E-state index is 13.0. The van der Waals surface area contributed by atoms with Gasteiger partial charge in [0.25, 0.3) is 0 Å². The molecule has 1 aromatic carbocycles. The third kappa shape index (κ3) is 1.91. The predicted molar refractivity (Wildman–Crippen MR) is 94.7 cm³/mol. The lowest BCUT2D eigenvalue weighted by Gasteiger charge is -2.59. The largest absolute Gasteiger partial charge is 0.504 e. The molecule has 1 aromatic rings. The number of aromatic hydroxyl groups is 2. The molecule has 4 atom stereocenters. The van der Waals surface area contributed by atoms with Crippen LogP contribution in [0, 0.1) is 11.3 Å². The van der Waals surface area contributed by atoms with Crippen LogP contribution in [0.15, 0.2) is 6.07 Å². The number of carbonyl (C=O) groups excluding carboxylic acids is 1. The minimum absolute atomic E-state index is 0.0619. The van der Waals surface area contributed by atoms with Crippen LogP contribution in [0.3, 0.4) is 0 Å². The number of carbonyl (C=O) groups is 1. The highest BCUT2D eigenvalue weighted by Crippen LogP contribution is 2.67. The second-order valence-electron chi connectivity index (χ2n) is 8.80. The molecule has 5 rings (SSSR count). The molecule has 1 saturated heterocycles. The molecule has 0 aromatic heterocycles. The molecule has 136 valence electrons. The highest BCUT2D eigenvalue weighted by molar-refractivity contribution is 5.89. The van der Waals surface area contributed by atoms with Gasteiger partial charge in [-0.2, -0.15) is 0 Å². The van der Waals surface area contributed by atoms with Gasteiger partial charge >= 0.3 is 5.97 Å². The van der Waals surface area contributed by atoms with Gasteiger partial charge < -0.3 is 14.9 Å². The number of benzene rings is 1. The Kier molecular flexibility index (Phi) is 3.45. The number of esters is 1. The number of phenols is 2. The molecular weight excluding hydrogens is 316 g/mol. The summed E-state index contributed by atoms with van der Waals surface area (Å²) in [6.45, 7) is 8.44. The van der Waals surface area contributed by atoms with Crippen molar-refractivity contribution >= 4 is 5.97 Å². The lowest BCUT2D eigenvalue weighted by atomic mass is 9.46. The first-order valence-corrected chi connectivity index (χ1v) is 9.56. The van der Waals surface area contributed by atoms with Crippen LogP contribution in [0.1, 0.15) is 88.5 Å². The van der Waals surface area contributed by atoms with Gasteiger partial charge in [0.15, 0.2) is 11.5 Å². The van der Waals surface area contributed by atoms with Crippen LogP contribution in [0.5, 0.6) is 11.5 Å². The maximum Gasteiger partial charge on any atom is 0.317 e.